The molecule has 3 heterocycles. The molecule has 1 fully saturated rings. The second-order valence-electron chi connectivity index (χ2n) is 7.49. The van der Waals surface area contributed by atoms with Crippen molar-refractivity contribution < 1.29 is 9.53 Å². The molecule has 3 aliphatic heterocycles. The van der Waals surface area contributed by atoms with Crippen LogP contribution >= 0.6 is 34.5 Å². The Morgan fingerprint density at radius 3 is 2.67 bits per heavy atom. The lowest BCUT2D eigenvalue weighted by Gasteiger charge is -2.40. The second-order valence-corrected chi connectivity index (χ2v) is 9.01. The minimum atomic E-state index is -0.445. The molecule has 5 nitrogen and oxygen atoms in total. The smallest absolute Gasteiger partial charge is 0.410 e. The van der Waals surface area contributed by atoms with Crippen LogP contribution in [0, 0.1) is 11.8 Å². The summed E-state index contributed by atoms with van der Waals surface area (Å²) in [6.07, 6.45) is 5.57. The molecular weight excluding hydrogens is 441 g/mol. The predicted molar refractivity (Wildman–Crippen MR) is 104 cm³/mol. The molecule has 0 aliphatic carbocycles. The summed E-state index contributed by atoms with van der Waals surface area (Å²) in [7, 11) is 0. The highest BCUT2D eigenvalue weighted by molar-refractivity contribution is 14.1. The summed E-state index contributed by atoms with van der Waals surface area (Å²) in [5.41, 5.74) is 1.72. The van der Waals surface area contributed by atoms with Crippen molar-refractivity contribution in [3.63, 3.8) is 0 Å². The van der Waals surface area contributed by atoms with Crippen molar-refractivity contribution in [2.24, 2.45) is 16.8 Å². The fraction of sp³-hybridized carbons (Fsp3) is 0.647. The van der Waals surface area contributed by atoms with Gasteiger partial charge in [0, 0.05) is 37.3 Å². The summed E-state index contributed by atoms with van der Waals surface area (Å²) in [4.78, 5) is 18.6. The molecular formula is C17H23ClIN3O2. The van der Waals surface area contributed by atoms with Gasteiger partial charge in [0.1, 0.15) is 10.8 Å². The number of amides is 1. The van der Waals surface area contributed by atoms with Crippen LogP contribution in [-0.2, 0) is 4.74 Å². The van der Waals surface area contributed by atoms with Gasteiger partial charge < -0.3 is 12.8 Å². The molecule has 1 unspecified atom stereocenters. The monoisotopic (exact) mass is 463 g/mol. The topological polar surface area (TPSA) is 45.1 Å². The Hall–Kier alpha value is -0.760. The number of nitrogens with zero attached hydrogens (tertiary/aromatic N) is 3. The Kier molecular flexibility index (Phi) is 5.16. The van der Waals surface area contributed by atoms with Gasteiger partial charge in [-0.1, -0.05) is 11.6 Å². The first kappa shape index (κ1) is 18.0. The van der Waals surface area contributed by atoms with E-state index in [2.05, 4.69) is 31.0 Å². The minimum absolute atomic E-state index is 0.205. The lowest BCUT2D eigenvalue weighted by Crippen LogP contribution is -2.46. The summed E-state index contributed by atoms with van der Waals surface area (Å²) in [6.45, 7) is 8.06. The van der Waals surface area contributed by atoms with Gasteiger partial charge >= 0.3 is 6.09 Å². The van der Waals surface area contributed by atoms with E-state index in [1.165, 1.54) is 0 Å². The molecule has 0 N–H and O–H groups in total. The van der Waals surface area contributed by atoms with E-state index in [1.807, 2.05) is 37.9 Å². The Bertz CT molecular complexity index is 616. The molecule has 1 saturated heterocycles. The largest absolute Gasteiger partial charge is 0.444 e. The van der Waals surface area contributed by atoms with Gasteiger partial charge in [-0.2, -0.15) is 0 Å². The number of carbonyl (C=O) groups is 1. The van der Waals surface area contributed by atoms with Crippen molar-refractivity contribution in [1.82, 2.24) is 8.01 Å². The summed E-state index contributed by atoms with van der Waals surface area (Å²) in [6, 6.07) is 0. The molecule has 0 aromatic carbocycles. The van der Waals surface area contributed by atoms with Gasteiger partial charge in [-0.3, -0.25) is 4.99 Å². The zero-order valence-corrected chi connectivity index (χ0v) is 17.2. The van der Waals surface area contributed by atoms with Crippen LogP contribution in [-0.4, -0.2) is 45.1 Å². The van der Waals surface area contributed by atoms with E-state index in [1.54, 1.807) is 0 Å². The Balaban J connectivity index is 1.63. The number of likely N-dealkylation sites (tertiary alicyclic amines) is 1. The number of ether oxygens (including phenoxy) is 1. The van der Waals surface area contributed by atoms with E-state index in [4.69, 9.17) is 16.3 Å². The second kappa shape index (κ2) is 6.86. The van der Waals surface area contributed by atoms with Crippen LogP contribution in [0.15, 0.2) is 28.0 Å². The number of hydrogen-bond donors (Lipinski definition) is 0. The minimum Gasteiger partial charge on any atom is -0.444 e. The number of fused-ring (bicyclic) bond motifs is 1. The number of carbonyl (C=O) groups excluding carboxylic acids is 1. The van der Waals surface area contributed by atoms with Gasteiger partial charge in [0.05, 0.1) is 28.6 Å². The molecule has 0 saturated carbocycles. The van der Waals surface area contributed by atoms with E-state index < -0.39 is 5.60 Å². The molecule has 0 aromatic heterocycles. The fourth-order valence-corrected chi connectivity index (χ4v) is 4.38. The van der Waals surface area contributed by atoms with Crippen LogP contribution in [0.3, 0.4) is 0 Å². The number of aliphatic imine (C=N–C) groups is 1. The molecule has 132 valence electrons. The quantitative estimate of drug-likeness (QED) is 0.330. The summed E-state index contributed by atoms with van der Waals surface area (Å²) >= 11 is 8.67. The lowest BCUT2D eigenvalue weighted by atomic mass is 9.78. The average Bonchev–Trinajstić information content (AvgIpc) is 2.99. The van der Waals surface area contributed by atoms with Gasteiger partial charge in [-0.15, -0.1) is 0 Å². The van der Waals surface area contributed by atoms with Crippen molar-refractivity contribution in [2.45, 2.75) is 39.2 Å². The third-order valence-electron chi connectivity index (χ3n) is 4.63. The van der Waals surface area contributed by atoms with Gasteiger partial charge in [-0.05, 0) is 45.6 Å². The molecule has 24 heavy (non-hydrogen) atoms. The summed E-state index contributed by atoms with van der Waals surface area (Å²) in [5, 5.41) is 0.769. The first-order valence-corrected chi connectivity index (χ1v) is 9.66. The molecule has 3 aliphatic rings. The zero-order valence-electron chi connectivity index (χ0n) is 14.3. The van der Waals surface area contributed by atoms with Gasteiger partial charge in [-0.25, -0.2) is 4.79 Å². The molecule has 0 radical (unpaired) electrons. The van der Waals surface area contributed by atoms with Crippen molar-refractivity contribution >= 4 is 46.3 Å². The predicted octanol–water partition coefficient (Wildman–Crippen LogP) is 4.33. The van der Waals surface area contributed by atoms with E-state index in [9.17, 15) is 4.79 Å². The first-order valence-electron chi connectivity index (χ1n) is 8.32. The third-order valence-corrected chi connectivity index (χ3v) is 6.20. The molecule has 0 spiro atoms. The standard InChI is InChI=1S/C17H23ClIN3O2/c1-17(2,3)24-16(23)21-8-5-11(6-9-21)13-10-22(19)15(18)12-4-7-20-14(12)13/h4,7,11,13H,5-6,8-10H2,1-3H3. The van der Waals surface area contributed by atoms with Crippen LogP contribution in [0.5, 0.6) is 0 Å². The van der Waals surface area contributed by atoms with Gasteiger partial charge in [0.15, 0.2) is 0 Å². The van der Waals surface area contributed by atoms with Crippen molar-refractivity contribution in [3.8, 4) is 0 Å². The van der Waals surface area contributed by atoms with Crippen molar-refractivity contribution in [2.75, 3.05) is 19.6 Å². The van der Waals surface area contributed by atoms with Crippen molar-refractivity contribution in [1.29, 1.82) is 0 Å². The number of rotatable bonds is 1. The molecule has 7 heteroatoms. The first-order chi connectivity index (χ1) is 11.3. The highest BCUT2D eigenvalue weighted by atomic mass is 127. The van der Waals surface area contributed by atoms with Crippen LogP contribution in [0.4, 0.5) is 4.79 Å². The fourth-order valence-electron chi connectivity index (χ4n) is 3.47. The van der Waals surface area contributed by atoms with Crippen LogP contribution in [0.1, 0.15) is 33.6 Å². The van der Waals surface area contributed by atoms with E-state index in [-0.39, 0.29) is 6.09 Å². The Morgan fingerprint density at radius 1 is 1.38 bits per heavy atom. The van der Waals surface area contributed by atoms with Crippen LogP contribution in [0.25, 0.3) is 0 Å². The molecule has 0 aromatic rings. The number of hydrogen-bond acceptors (Lipinski definition) is 4. The highest BCUT2D eigenvalue weighted by Gasteiger charge is 2.38. The van der Waals surface area contributed by atoms with Crippen LogP contribution in [0.2, 0.25) is 0 Å². The van der Waals surface area contributed by atoms with Crippen molar-refractivity contribution in [3.05, 3.63) is 23.0 Å². The van der Waals surface area contributed by atoms with Gasteiger partial charge in [0.2, 0.25) is 0 Å². The normalized spacial score (nSPS) is 25.0. The summed E-state index contributed by atoms with van der Waals surface area (Å²) in [5.74, 6) is 0.884. The molecule has 1 amide bonds. The lowest BCUT2D eigenvalue weighted by molar-refractivity contribution is 0.0170. The molecule has 3 rings (SSSR count). The summed E-state index contributed by atoms with van der Waals surface area (Å²) < 4.78 is 7.55. The molecule has 1 atom stereocenters. The van der Waals surface area contributed by atoms with E-state index in [0.29, 0.717) is 11.8 Å². The van der Waals surface area contributed by atoms with E-state index in [0.717, 1.165) is 48.9 Å². The average molecular weight is 464 g/mol. The maximum absolute atomic E-state index is 12.2. The number of allylic oxidation sites excluding steroid dienone is 2. The van der Waals surface area contributed by atoms with E-state index >= 15 is 0 Å². The Labute approximate surface area is 162 Å². The maximum Gasteiger partial charge on any atom is 0.410 e. The number of halogens is 2. The van der Waals surface area contributed by atoms with Gasteiger partial charge in [0.25, 0.3) is 0 Å². The number of piperidine rings is 1. The SMILES string of the molecule is CC(C)(C)OC(=O)N1CCC(C2CN(I)C(Cl)=C3C=CN=C32)CC1. The Morgan fingerprint density at radius 2 is 2.04 bits per heavy atom. The van der Waals surface area contributed by atoms with Crippen LogP contribution < -0.4 is 0 Å². The maximum atomic E-state index is 12.2. The molecule has 0 bridgehead atoms. The zero-order chi connectivity index (χ0) is 17.5. The third kappa shape index (κ3) is 3.74. The highest BCUT2D eigenvalue weighted by Crippen LogP contribution is 2.39.